The van der Waals surface area contributed by atoms with Crippen LogP contribution in [-0.2, 0) is 32.9 Å². The third-order valence-electron chi connectivity index (χ3n) is 8.50. The van der Waals surface area contributed by atoms with Gasteiger partial charge in [-0.25, -0.2) is 4.57 Å². The lowest BCUT2D eigenvalue weighted by atomic mass is 9.90. The molecule has 0 aromatic heterocycles. The Morgan fingerprint density at radius 1 is 0.837 bits per heavy atom. The van der Waals surface area contributed by atoms with E-state index in [-0.39, 0.29) is 43.5 Å². The minimum atomic E-state index is -4.82. The number of hydrogen-bond acceptors (Lipinski definition) is 9. The molecule has 1 aliphatic rings. The van der Waals surface area contributed by atoms with Crippen molar-refractivity contribution >= 4 is 25.5 Å². The van der Waals surface area contributed by atoms with Crippen molar-refractivity contribution in [1.82, 2.24) is 0 Å². The second kappa shape index (κ2) is 27.6. The van der Waals surface area contributed by atoms with E-state index in [2.05, 4.69) is 30.5 Å². The first-order valence-electron chi connectivity index (χ1n) is 18.4. The lowest BCUT2D eigenvalue weighted by molar-refractivity contribution is -0.161. The molecule has 5 atom stereocenters. The van der Waals surface area contributed by atoms with Gasteiger partial charge in [0.05, 0.1) is 18.8 Å². The Kier molecular flexibility index (Phi) is 25.3. The van der Waals surface area contributed by atoms with E-state index in [1.165, 1.54) is 12.8 Å². The molecule has 12 heteroatoms. The van der Waals surface area contributed by atoms with Crippen molar-refractivity contribution < 1.29 is 52.9 Å². The number of aliphatic hydroxyl groups is 2. The summed E-state index contributed by atoms with van der Waals surface area (Å²) in [5.74, 6) is -1.85. The normalized spacial score (nSPS) is 19.7. The fourth-order valence-electron chi connectivity index (χ4n) is 5.63. The van der Waals surface area contributed by atoms with Crippen molar-refractivity contribution in [2.45, 2.75) is 154 Å². The van der Waals surface area contributed by atoms with Crippen LogP contribution in [-0.4, -0.2) is 69.2 Å². The number of allylic oxidation sites excluding steroid dienone is 4. The maximum absolute atomic E-state index is 12.5. The topological polar surface area (TPSA) is 177 Å². The van der Waals surface area contributed by atoms with E-state index in [0.29, 0.717) is 32.1 Å². The van der Waals surface area contributed by atoms with Crippen LogP contribution in [0.3, 0.4) is 0 Å². The van der Waals surface area contributed by atoms with Gasteiger partial charge in [-0.15, -0.1) is 0 Å². The number of phosphoric acid groups is 1. The van der Waals surface area contributed by atoms with Gasteiger partial charge >= 0.3 is 19.8 Å². The molecule has 1 saturated carbocycles. The van der Waals surface area contributed by atoms with E-state index < -0.39 is 44.7 Å². The summed E-state index contributed by atoms with van der Waals surface area (Å²) in [4.78, 5) is 55.3. The molecule has 0 aromatic rings. The number of carbonyl (C=O) groups excluding carboxylic acids is 3. The maximum Gasteiger partial charge on any atom is 0.469 e. The molecule has 11 nitrogen and oxygen atoms in total. The summed E-state index contributed by atoms with van der Waals surface area (Å²) in [7, 11) is -4.82. The van der Waals surface area contributed by atoms with Gasteiger partial charge in [-0.3, -0.25) is 18.9 Å². The highest BCUT2D eigenvalue weighted by Crippen LogP contribution is 2.36. The van der Waals surface area contributed by atoms with Gasteiger partial charge in [-0.2, -0.15) is 0 Å². The summed E-state index contributed by atoms with van der Waals surface area (Å²) in [5, 5.41) is 20.6. The van der Waals surface area contributed by atoms with Gasteiger partial charge in [0.2, 0.25) is 0 Å². The van der Waals surface area contributed by atoms with Crippen LogP contribution in [0.1, 0.15) is 136 Å². The van der Waals surface area contributed by atoms with E-state index in [1.54, 1.807) is 12.2 Å². The number of esters is 2. The van der Waals surface area contributed by atoms with Crippen LogP contribution >= 0.6 is 7.82 Å². The van der Waals surface area contributed by atoms with Crippen LogP contribution in [0.4, 0.5) is 0 Å². The van der Waals surface area contributed by atoms with Crippen molar-refractivity contribution in [3.8, 4) is 0 Å². The van der Waals surface area contributed by atoms with E-state index in [0.717, 1.165) is 57.8 Å². The van der Waals surface area contributed by atoms with Crippen LogP contribution in [0.15, 0.2) is 36.5 Å². The molecule has 0 bridgehead atoms. The minimum Gasteiger partial charge on any atom is -0.462 e. The molecule has 4 N–H and O–H groups in total. The monoisotopic (exact) mass is 714 g/mol. The zero-order valence-electron chi connectivity index (χ0n) is 29.8. The Labute approximate surface area is 293 Å². The van der Waals surface area contributed by atoms with Gasteiger partial charge in [0.15, 0.2) is 6.10 Å². The van der Waals surface area contributed by atoms with Crippen LogP contribution in [0.5, 0.6) is 0 Å². The SMILES string of the molecule is CCCC/C=C\CCCCCCCC(=O)OC[C@H](COP(=O)(O)O)OC(=O)CCC/C=C\C[C@H]1C(=O)C[C@@H](O)[C@@H]1/C=C/[C@@H](O)CCCCC. The summed E-state index contributed by atoms with van der Waals surface area (Å²) in [6.45, 7) is 3.28. The fourth-order valence-corrected chi connectivity index (χ4v) is 5.99. The van der Waals surface area contributed by atoms with Gasteiger partial charge in [0, 0.05) is 31.1 Å². The zero-order valence-corrected chi connectivity index (χ0v) is 30.7. The lowest BCUT2D eigenvalue weighted by Crippen LogP contribution is -2.29. The van der Waals surface area contributed by atoms with E-state index in [1.807, 2.05) is 12.2 Å². The maximum atomic E-state index is 12.5. The molecule has 1 rings (SSSR count). The van der Waals surface area contributed by atoms with Crippen molar-refractivity contribution in [3.63, 3.8) is 0 Å². The molecular formula is C37H63O11P. The molecule has 0 amide bonds. The average Bonchev–Trinajstić information content (AvgIpc) is 3.32. The number of rotatable bonds is 29. The molecule has 1 fully saturated rings. The molecule has 0 spiro atoms. The summed E-state index contributed by atoms with van der Waals surface area (Å²) in [6, 6.07) is 0. The van der Waals surface area contributed by atoms with Gasteiger partial charge in [0.25, 0.3) is 0 Å². The van der Waals surface area contributed by atoms with Gasteiger partial charge in [0.1, 0.15) is 12.4 Å². The van der Waals surface area contributed by atoms with Crippen molar-refractivity contribution in [3.05, 3.63) is 36.5 Å². The number of carbonyl (C=O) groups is 3. The summed E-state index contributed by atoms with van der Waals surface area (Å²) in [5.41, 5.74) is 0. The Morgan fingerprint density at radius 2 is 1.47 bits per heavy atom. The Bertz CT molecular complexity index is 1050. The second-order valence-corrected chi connectivity index (χ2v) is 14.2. The van der Waals surface area contributed by atoms with Gasteiger partial charge < -0.3 is 29.5 Å². The Morgan fingerprint density at radius 3 is 2.18 bits per heavy atom. The van der Waals surface area contributed by atoms with Crippen LogP contribution in [0.2, 0.25) is 0 Å². The van der Waals surface area contributed by atoms with Crippen molar-refractivity contribution in [2.24, 2.45) is 11.8 Å². The molecule has 1 aliphatic carbocycles. The molecule has 282 valence electrons. The number of ketones is 1. The number of aliphatic hydroxyl groups excluding tert-OH is 2. The molecule has 0 unspecified atom stereocenters. The molecule has 0 aliphatic heterocycles. The second-order valence-electron chi connectivity index (χ2n) is 13.0. The molecular weight excluding hydrogens is 651 g/mol. The van der Waals surface area contributed by atoms with Crippen LogP contribution in [0, 0.1) is 11.8 Å². The average molecular weight is 715 g/mol. The van der Waals surface area contributed by atoms with Gasteiger partial charge in [-0.05, 0) is 51.4 Å². The Balaban J connectivity index is 2.39. The lowest BCUT2D eigenvalue weighted by Gasteiger charge is -2.18. The zero-order chi connectivity index (χ0) is 36.3. The molecule has 0 aromatic carbocycles. The van der Waals surface area contributed by atoms with Crippen molar-refractivity contribution in [2.75, 3.05) is 13.2 Å². The van der Waals surface area contributed by atoms with E-state index >= 15 is 0 Å². The predicted molar refractivity (Wildman–Crippen MR) is 189 cm³/mol. The highest BCUT2D eigenvalue weighted by atomic mass is 31.2. The fraction of sp³-hybridized carbons (Fsp3) is 0.757. The number of hydrogen-bond donors (Lipinski definition) is 4. The first-order chi connectivity index (χ1) is 23.5. The first-order valence-corrected chi connectivity index (χ1v) is 19.9. The van der Waals surface area contributed by atoms with Crippen LogP contribution < -0.4 is 0 Å². The van der Waals surface area contributed by atoms with Crippen LogP contribution in [0.25, 0.3) is 0 Å². The van der Waals surface area contributed by atoms with Crippen molar-refractivity contribution in [1.29, 1.82) is 0 Å². The largest absolute Gasteiger partial charge is 0.469 e. The Hall–Kier alpha value is -2.14. The first kappa shape index (κ1) is 44.9. The standard InChI is InChI=1S/C37H63O11P/c1-3-5-7-8-9-10-11-12-13-14-19-23-36(41)46-28-31(29-47-49(43,44)45)48-37(42)24-20-16-15-18-22-32-33(35(40)27-34(32)39)26-25-30(38)21-17-6-4-2/h8-9,15,18,25-26,30-33,35,38,40H,3-7,10-14,16-17,19-24,27-29H2,1-2H3,(H2,43,44,45)/b9-8-,18-15-,26-25+/t30-,31+,32+,33+,35+/m0/s1. The predicted octanol–water partition coefficient (Wildman–Crippen LogP) is 7.21. The van der Waals surface area contributed by atoms with E-state index in [9.17, 15) is 29.2 Å². The van der Waals surface area contributed by atoms with E-state index in [4.69, 9.17) is 19.3 Å². The number of Topliss-reactive ketones (excluding diaryl/α,β-unsaturated/α-hetero) is 1. The minimum absolute atomic E-state index is 0.0155. The molecule has 0 heterocycles. The molecule has 49 heavy (non-hydrogen) atoms. The highest BCUT2D eigenvalue weighted by molar-refractivity contribution is 7.46. The number of phosphoric ester groups is 1. The van der Waals surface area contributed by atoms with Gasteiger partial charge in [-0.1, -0.05) is 102 Å². The summed E-state index contributed by atoms with van der Waals surface area (Å²) in [6.07, 6.45) is 23.8. The summed E-state index contributed by atoms with van der Waals surface area (Å²) < 4.78 is 26.2. The smallest absolute Gasteiger partial charge is 0.462 e. The third-order valence-corrected chi connectivity index (χ3v) is 8.99. The summed E-state index contributed by atoms with van der Waals surface area (Å²) >= 11 is 0. The molecule has 0 radical (unpaired) electrons. The third kappa shape index (κ3) is 23.8. The molecule has 0 saturated heterocycles. The number of ether oxygens (including phenoxy) is 2. The highest BCUT2D eigenvalue weighted by Gasteiger charge is 2.39. The number of unbranched alkanes of at least 4 members (excludes halogenated alkanes) is 10. The quantitative estimate of drug-likeness (QED) is 0.0267.